The van der Waals surface area contributed by atoms with E-state index in [2.05, 4.69) is 26.0 Å². The Balaban J connectivity index is 1.62. The second kappa shape index (κ2) is 12.3. The molecule has 0 aliphatic carbocycles. The minimum absolute atomic E-state index is 0.0760. The van der Waals surface area contributed by atoms with Gasteiger partial charge in [0.2, 0.25) is 5.91 Å². The Bertz CT molecular complexity index is 1840. The van der Waals surface area contributed by atoms with Gasteiger partial charge in [0.05, 0.1) is 16.5 Å². The van der Waals surface area contributed by atoms with Gasteiger partial charge in [-0.2, -0.15) is 15.2 Å². The number of hydrogen-bond donors (Lipinski definition) is 2. The van der Waals surface area contributed by atoms with Gasteiger partial charge in [0.15, 0.2) is 0 Å². The van der Waals surface area contributed by atoms with Crippen LogP contribution in [0.4, 0.5) is 14.5 Å². The predicted octanol–water partition coefficient (Wildman–Crippen LogP) is 5.84. The molecular formula is C25H16BrF2N4O6PS2. The highest BCUT2D eigenvalue weighted by molar-refractivity contribution is 9.09. The molecule has 0 atom stereocenters. The lowest BCUT2D eigenvalue weighted by Crippen LogP contribution is -2.26. The number of anilines is 1. The van der Waals surface area contributed by atoms with Crippen molar-refractivity contribution in [3.63, 3.8) is 0 Å². The van der Waals surface area contributed by atoms with Crippen molar-refractivity contribution in [2.75, 3.05) is 16.9 Å². The summed E-state index contributed by atoms with van der Waals surface area (Å²) in [5.41, 5.74) is -0.183. The van der Waals surface area contributed by atoms with Crippen molar-refractivity contribution in [3.05, 3.63) is 83.4 Å². The highest BCUT2D eigenvalue weighted by Crippen LogP contribution is 2.48. The second-order valence-electron chi connectivity index (χ2n) is 8.11. The van der Waals surface area contributed by atoms with E-state index in [1.54, 1.807) is 30.3 Å². The van der Waals surface area contributed by atoms with Crippen molar-refractivity contribution >= 4 is 66.6 Å². The fourth-order valence-corrected chi connectivity index (χ4v) is 7.92. The maximum absolute atomic E-state index is 14.2. The van der Waals surface area contributed by atoms with E-state index in [4.69, 9.17) is 19.6 Å². The molecule has 0 unspecified atom stereocenters. The van der Waals surface area contributed by atoms with Crippen molar-refractivity contribution in [1.29, 1.82) is 10.5 Å². The number of carbonyl (C=O) groups is 1. The third-order valence-corrected chi connectivity index (χ3v) is 10.5. The Morgan fingerprint density at radius 1 is 0.951 bits per heavy atom. The van der Waals surface area contributed by atoms with Gasteiger partial charge in [-0.1, -0.05) is 15.9 Å². The van der Waals surface area contributed by atoms with Crippen molar-refractivity contribution < 1.29 is 35.6 Å². The molecule has 210 valence electrons. The molecule has 1 amide bonds. The topological polar surface area (TPSA) is 158 Å². The van der Waals surface area contributed by atoms with Gasteiger partial charge < -0.3 is 14.4 Å². The average molecular weight is 681 g/mol. The number of nitrogens with one attached hydrogen (secondary N) is 2. The van der Waals surface area contributed by atoms with E-state index in [1.807, 2.05) is 0 Å². The van der Waals surface area contributed by atoms with Crippen LogP contribution in [0.1, 0.15) is 11.1 Å². The summed E-state index contributed by atoms with van der Waals surface area (Å²) in [7, 11) is -8.88. The van der Waals surface area contributed by atoms with E-state index in [0.717, 1.165) is 47.7 Å². The van der Waals surface area contributed by atoms with Gasteiger partial charge in [-0.05, 0) is 53.9 Å². The lowest BCUT2D eigenvalue weighted by molar-refractivity contribution is -0.113. The number of benzene rings is 3. The summed E-state index contributed by atoms with van der Waals surface area (Å²) in [6.45, 7) is 0. The number of hydrogen-bond acceptors (Lipinski definition) is 9. The molecular weight excluding hydrogens is 665 g/mol. The van der Waals surface area contributed by atoms with Crippen LogP contribution in [0.15, 0.2) is 64.9 Å². The van der Waals surface area contributed by atoms with Gasteiger partial charge >= 0.3 is 7.60 Å². The zero-order valence-electron chi connectivity index (χ0n) is 20.4. The average Bonchev–Trinajstić information content (AvgIpc) is 3.37. The summed E-state index contributed by atoms with van der Waals surface area (Å²) in [4.78, 5) is 11.6. The fourth-order valence-electron chi connectivity index (χ4n) is 3.35. The Hall–Kier alpha value is -3.85. The van der Waals surface area contributed by atoms with Crippen molar-refractivity contribution in [1.82, 2.24) is 4.72 Å². The van der Waals surface area contributed by atoms with Gasteiger partial charge in [0.25, 0.3) is 10.0 Å². The first-order valence-corrected chi connectivity index (χ1v) is 16.4. The van der Waals surface area contributed by atoms with Gasteiger partial charge in [-0.25, -0.2) is 21.8 Å². The summed E-state index contributed by atoms with van der Waals surface area (Å²) >= 11 is 3.95. The van der Waals surface area contributed by atoms with E-state index in [1.165, 1.54) is 6.07 Å². The monoisotopic (exact) mass is 680 g/mol. The number of sulfonamides is 1. The second-order valence-corrected chi connectivity index (χ2v) is 13.6. The number of rotatable bonds is 10. The van der Waals surface area contributed by atoms with E-state index >= 15 is 0 Å². The molecule has 0 radical (unpaired) electrons. The van der Waals surface area contributed by atoms with E-state index in [0.29, 0.717) is 15.8 Å². The van der Waals surface area contributed by atoms with Crippen LogP contribution in [0, 0.1) is 34.3 Å². The number of thiophene rings is 1. The Morgan fingerprint density at radius 2 is 1.54 bits per heavy atom. The normalized spacial score (nSPS) is 11.4. The third kappa shape index (κ3) is 7.27. The first kappa shape index (κ1) is 30.1. The third-order valence-electron chi connectivity index (χ3n) is 5.22. The van der Waals surface area contributed by atoms with E-state index in [9.17, 15) is 26.6 Å². The molecule has 0 aliphatic rings. The van der Waals surface area contributed by atoms with E-state index in [-0.39, 0.29) is 38.1 Å². The SMILES string of the molecule is N#Cc1ccc(OP(=O)(CNS(=O)(=O)c2cc3cc(NC(=O)CBr)ccc3s2)Oc2ccc(C#N)c(F)c2)cc1F. The zero-order chi connectivity index (χ0) is 29.8. The van der Waals surface area contributed by atoms with Crippen LogP contribution >= 0.6 is 34.9 Å². The maximum atomic E-state index is 14.2. The lowest BCUT2D eigenvalue weighted by atomic mass is 10.2. The van der Waals surface area contributed by atoms with Gasteiger partial charge in [-0.3, -0.25) is 4.79 Å². The Kier molecular flexibility index (Phi) is 9.07. The largest absolute Gasteiger partial charge is 0.445 e. The minimum Gasteiger partial charge on any atom is -0.415 e. The van der Waals surface area contributed by atoms with Gasteiger partial charge in [0.1, 0.15) is 45.8 Å². The number of carbonyl (C=O) groups excluding carboxylic acids is 1. The van der Waals surface area contributed by atoms with Crippen LogP contribution in [-0.2, 0) is 19.4 Å². The molecule has 0 saturated carbocycles. The van der Waals surface area contributed by atoms with Crippen LogP contribution in [0.3, 0.4) is 0 Å². The molecule has 4 rings (SSSR count). The molecule has 4 aromatic rings. The molecule has 0 spiro atoms. The summed E-state index contributed by atoms with van der Waals surface area (Å²) in [5, 5.41) is 21.1. The first-order chi connectivity index (χ1) is 19.4. The van der Waals surface area contributed by atoms with Crippen LogP contribution < -0.4 is 19.1 Å². The molecule has 3 aromatic carbocycles. The summed E-state index contributed by atoms with van der Waals surface area (Å²) in [5.74, 6) is -2.97. The predicted molar refractivity (Wildman–Crippen MR) is 151 cm³/mol. The molecule has 0 aliphatic heterocycles. The fraction of sp³-hybridized carbons (Fsp3) is 0.0800. The quantitative estimate of drug-likeness (QED) is 0.156. The van der Waals surface area contributed by atoms with Crippen LogP contribution in [-0.4, -0.2) is 25.9 Å². The van der Waals surface area contributed by atoms with Crippen LogP contribution in [0.5, 0.6) is 11.5 Å². The van der Waals surface area contributed by atoms with Crippen molar-refractivity contribution in [2.45, 2.75) is 4.21 Å². The summed E-state index contributed by atoms with van der Waals surface area (Å²) in [6.07, 6.45) is -0.959. The molecule has 1 heterocycles. The van der Waals surface area contributed by atoms with Crippen molar-refractivity contribution in [3.8, 4) is 23.6 Å². The van der Waals surface area contributed by atoms with Crippen LogP contribution in [0.25, 0.3) is 10.1 Å². The summed E-state index contributed by atoms with van der Waals surface area (Å²) < 4.78 is 81.6. The standard InChI is InChI=1S/C25H16BrF2N4O6PS2/c26-11-24(33)32-18-3-6-23-17(7-18)8-25(40-23)41(35,36)31-14-39(34,37-19-4-1-15(12-29)21(27)9-19)38-20-5-2-16(13-30)22(28)10-20/h1-10,31H,11,14H2,(H,32,33). The number of halogens is 3. The number of alkyl halides is 1. The zero-order valence-corrected chi connectivity index (χ0v) is 24.5. The Morgan fingerprint density at radius 3 is 2.05 bits per heavy atom. The molecule has 0 fully saturated rings. The number of fused-ring (bicyclic) bond motifs is 1. The van der Waals surface area contributed by atoms with Crippen LogP contribution in [0.2, 0.25) is 0 Å². The summed E-state index contributed by atoms with van der Waals surface area (Å²) in [6, 6.07) is 15.3. The molecule has 41 heavy (non-hydrogen) atoms. The van der Waals surface area contributed by atoms with E-state index < -0.39 is 35.5 Å². The smallest absolute Gasteiger partial charge is 0.415 e. The maximum Gasteiger partial charge on any atom is 0.445 e. The minimum atomic E-state index is -4.57. The molecule has 0 bridgehead atoms. The molecule has 2 N–H and O–H groups in total. The molecule has 10 nitrogen and oxygen atoms in total. The molecule has 1 aromatic heterocycles. The number of nitriles is 2. The van der Waals surface area contributed by atoms with Gasteiger partial charge in [-0.15, -0.1) is 11.3 Å². The molecule has 0 saturated heterocycles. The number of nitrogens with zero attached hydrogens (tertiary/aromatic N) is 2. The van der Waals surface area contributed by atoms with Crippen molar-refractivity contribution in [2.24, 2.45) is 0 Å². The lowest BCUT2D eigenvalue weighted by Gasteiger charge is -2.20. The highest BCUT2D eigenvalue weighted by Gasteiger charge is 2.32. The first-order valence-electron chi connectivity index (χ1n) is 11.2. The Labute approximate surface area is 244 Å². The highest BCUT2D eigenvalue weighted by atomic mass is 79.9. The number of amides is 1. The van der Waals surface area contributed by atoms with Gasteiger partial charge in [0, 0.05) is 22.5 Å². The molecule has 16 heteroatoms.